The van der Waals surface area contributed by atoms with Gasteiger partial charge < -0.3 is 5.11 Å². The Hall–Kier alpha value is -1.05. The molecule has 0 radical (unpaired) electrons. The minimum atomic E-state index is -0.894. The van der Waals surface area contributed by atoms with Crippen molar-refractivity contribution in [3.63, 3.8) is 0 Å². The Balaban J connectivity index is 4.22. The highest BCUT2D eigenvalue weighted by molar-refractivity contribution is 5.81. The fraction of sp³-hybridized carbons (Fsp3) is 0.375. The molecule has 0 aliphatic heterocycles. The van der Waals surface area contributed by atoms with Crippen LogP contribution < -0.4 is 0 Å². The molecule has 0 atom stereocenters. The van der Waals surface area contributed by atoms with Gasteiger partial charge in [-0.05, 0) is 26.3 Å². The molecule has 10 heavy (non-hydrogen) atoms. The van der Waals surface area contributed by atoms with Crippen LogP contribution in [0.4, 0.5) is 0 Å². The molecule has 2 heteroatoms. The SMILES string of the molecule is CC(C)=CC(C)=CC(=O)O. The van der Waals surface area contributed by atoms with Crippen molar-refractivity contribution in [2.24, 2.45) is 0 Å². The Bertz CT molecular complexity index is 183. The number of carbonyl (C=O) groups is 1. The molecule has 0 aliphatic rings. The molecule has 1 N–H and O–H groups in total. The summed E-state index contributed by atoms with van der Waals surface area (Å²) in [4.78, 5) is 10.1. The van der Waals surface area contributed by atoms with E-state index in [0.717, 1.165) is 11.1 Å². The van der Waals surface area contributed by atoms with Gasteiger partial charge in [0.1, 0.15) is 0 Å². The summed E-state index contributed by atoms with van der Waals surface area (Å²) in [7, 11) is 0. The van der Waals surface area contributed by atoms with Gasteiger partial charge in [0.15, 0.2) is 0 Å². The molecule has 0 rings (SSSR count). The normalized spacial score (nSPS) is 10.9. The van der Waals surface area contributed by atoms with E-state index in [1.54, 1.807) is 6.92 Å². The molecule has 0 fully saturated rings. The quantitative estimate of drug-likeness (QED) is 0.470. The van der Waals surface area contributed by atoms with Crippen molar-refractivity contribution in [3.8, 4) is 0 Å². The maximum absolute atomic E-state index is 10.1. The van der Waals surface area contributed by atoms with E-state index in [1.165, 1.54) is 6.08 Å². The number of carboxylic acid groups (broad SMARTS) is 1. The van der Waals surface area contributed by atoms with Gasteiger partial charge in [-0.25, -0.2) is 4.79 Å². The molecular formula is C8H12O2. The molecule has 0 unspecified atom stereocenters. The van der Waals surface area contributed by atoms with Crippen LogP contribution in [0.5, 0.6) is 0 Å². The first-order valence-electron chi connectivity index (χ1n) is 3.08. The van der Waals surface area contributed by atoms with E-state index in [9.17, 15) is 4.79 Å². The first-order valence-corrected chi connectivity index (χ1v) is 3.08. The van der Waals surface area contributed by atoms with Gasteiger partial charge >= 0.3 is 5.97 Å². The lowest BCUT2D eigenvalue weighted by Crippen LogP contribution is -1.88. The van der Waals surface area contributed by atoms with Crippen molar-refractivity contribution in [1.82, 2.24) is 0 Å². The van der Waals surface area contributed by atoms with Crippen LogP contribution in [-0.2, 0) is 4.79 Å². The van der Waals surface area contributed by atoms with Crippen LogP contribution in [-0.4, -0.2) is 11.1 Å². The molecule has 0 aromatic heterocycles. The molecule has 0 aromatic rings. The van der Waals surface area contributed by atoms with Crippen LogP contribution in [0.25, 0.3) is 0 Å². The summed E-state index contributed by atoms with van der Waals surface area (Å²) in [6.45, 7) is 5.62. The number of aliphatic carboxylic acids is 1. The number of hydrogen-bond donors (Lipinski definition) is 1. The summed E-state index contributed by atoms with van der Waals surface area (Å²) in [5.41, 5.74) is 1.88. The predicted octanol–water partition coefficient (Wildman–Crippen LogP) is 1.98. The highest BCUT2D eigenvalue weighted by atomic mass is 16.4. The summed E-state index contributed by atoms with van der Waals surface area (Å²) >= 11 is 0. The van der Waals surface area contributed by atoms with Crippen molar-refractivity contribution >= 4 is 5.97 Å². The van der Waals surface area contributed by atoms with E-state index >= 15 is 0 Å². The zero-order valence-corrected chi connectivity index (χ0v) is 6.51. The first-order chi connectivity index (χ1) is 4.52. The molecule has 0 amide bonds. The van der Waals surface area contributed by atoms with E-state index in [1.807, 2.05) is 19.9 Å². The van der Waals surface area contributed by atoms with Crippen LogP contribution in [0, 0.1) is 0 Å². The summed E-state index contributed by atoms with van der Waals surface area (Å²) in [5, 5.41) is 8.29. The van der Waals surface area contributed by atoms with Gasteiger partial charge in [-0.1, -0.05) is 11.6 Å². The zero-order chi connectivity index (χ0) is 8.15. The largest absolute Gasteiger partial charge is 0.478 e. The summed E-state index contributed by atoms with van der Waals surface area (Å²) in [5.74, 6) is -0.894. The second kappa shape index (κ2) is 3.88. The van der Waals surface area contributed by atoms with E-state index in [-0.39, 0.29) is 0 Å². The number of rotatable bonds is 2. The number of carboxylic acids is 1. The smallest absolute Gasteiger partial charge is 0.328 e. The van der Waals surface area contributed by atoms with E-state index < -0.39 is 5.97 Å². The van der Waals surface area contributed by atoms with E-state index in [0.29, 0.717) is 0 Å². The van der Waals surface area contributed by atoms with Crippen LogP contribution in [0.2, 0.25) is 0 Å². The van der Waals surface area contributed by atoms with Crippen molar-refractivity contribution in [3.05, 3.63) is 23.3 Å². The maximum Gasteiger partial charge on any atom is 0.328 e. The van der Waals surface area contributed by atoms with Crippen molar-refractivity contribution < 1.29 is 9.90 Å². The molecule has 0 aliphatic carbocycles. The second-order valence-corrected chi connectivity index (χ2v) is 2.45. The second-order valence-electron chi connectivity index (χ2n) is 2.45. The predicted molar refractivity (Wildman–Crippen MR) is 40.8 cm³/mol. The van der Waals surface area contributed by atoms with Gasteiger partial charge in [-0.2, -0.15) is 0 Å². The third-order valence-electron chi connectivity index (χ3n) is 0.867. The Morgan fingerprint density at radius 2 is 1.70 bits per heavy atom. The summed E-state index contributed by atoms with van der Waals surface area (Å²) in [6, 6.07) is 0. The van der Waals surface area contributed by atoms with Crippen molar-refractivity contribution in [2.45, 2.75) is 20.8 Å². The molecule has 0 saturated carbocycles. The molecule has 0 heterocycles. The van der Waals surface area contributed by atoms with Gasteiger partial charge in [-0.15, -0.1) is 0 Å². The third kappa shape index (κ3) is 5.09. The molecule has 0 aromatic carbocycles. The Morgan fingerprint density at radius 3 is 2.00 bits per heavy atom. The van der Waals surface area contributed by atoms with Gasteiger partial charge in [-0.3, -0.25) is 0 Å². The lowest BCUT2D eigenvalue weighted by Gasteiger charge is -1.90. The average molecular weight is 140 g/mol. The average Bonchev–Trinajstić information content (AvgIpc) is 1.58. The zero-order valence-electron chi connectivity index (χ0n) is 6.51. The maximum atomic E-state index is 10.1. The molecule has 0 saturated heterocycles. The van der Waals surface area contributed by atoms with Crippen LogP contribution in [0.1, 0.15) is 20.8 Å². The standard InChI is InChI=1S/C8H12O2/c1-6(2)4-7(3)5-8(9)10/h4-5H,1-3H3,(H,9,10). The van der Waals surface area contributed by atoms with Crippen LogP contribution in [0.3, 0.4) is 0 Å². The fourth-order valence-corrected chi connectivity index (χ4v) is 0.692. The van der Waals surface area contributed by atoms with Crippen LogP contribution >= 0.6 is 0 Å². The molecular weight excluding hydrogens is 128 g/mol. The van der Waals surface area contributed by atoms with Gasteiger partial charge in [0.25, 0.3) is 0 Å². The number of allylic oxidation sites excluding steroid dienone is 3. The molecule has 0 spiro atoms. The fourth-order valence-electron chi connectivity index (χ4n) is 0.692. The summed E-state index contributed by atoms with van der Waals surface area (Å²) in [6.07, 6.45) is 3.01. The lowest BCUT2D eigenvalue weighted by atomic mass is 10.2. The summed E-state index contributed by atoms with van der Waals surface area (Å²) < 4.78 is 0. The first kappa shape index (κ1) is 8.95. The van der Waals surface area contributed by atoms with E-state index in [4.69, 9.17) is 5.11 Å². The Kier molecular flexibility index (Phi) is 3.47. The highest BCUT2D eigenvalue weighted by Crippen LogP contribution is 1.99. The Labute approximate surface area is 60.9 Å². The van der Waals surface area contributed by atoms with Crippen molar-refractivity contribution in [2.75, 3.05) is 0 Å². The minimum Gasteiger partial charge on any atom is -0.478 e. The topological polar surface area (TPSA) is 37.3 Å². The highest BCUT2D eigenvalue weighted by Gasteiger charge is 1.88. The van der Waals surface area contributed by atoms with E-state index in [2.05, 4.69) is 0 Å². The molecule has 56 valence electrons. The molecule has 0 bridgehead atoms. The monoisotopic (exact) mass is 140 g/mol. The minimum absolute atomic E-state index is 0.771. The molecule has 2 nitrogen and oxygen atoms in total. The van der Waals surface area contributed by atoms with Gasteiger partial charge in [0.05, 0.1) is 0 Å². The van der Waals surface area contributed by atoms with Gasteiger partial charge in [0, 0.05) is 6.08 Å². The third-order valence-corrected chi connectivity index (χ3v) is 0.867. The van der Waals surface area contributed by atoms with Crippen molar-refractivity contribution in [1.29, 1.82) is 0 Å². The number of hydrogen-bond acceptors (Lipinski definition) is 1. The lowest BCUT2D eigenvalue weighted by molar-refractivity contribution is -0.131. The van der Waals surface area contributed by atoms with Gasteiger partial charge in [0.2, 0.25) is 0 Å². The Morgan fingerprint density at radius 1 is 1.20 bits per heavy atom. The van der Waals surface area contributed by atoms with Crippen LogP contribution in [0.15, 0.2) is 23.3 Å².